The lowest BCUT2D eigenvalue weighted by atomic mass is 9.89. The monoisotopic (exact) mass is 325 g/mol. The Morgan fingerprint density at radius 3 is 2.94 bits per heavy atom. The van der Waals surface area contributed by atoms with Crippen LogP contribution in [-0.4, -0.2) is 14.5 Å². The van der Waals surface area contributed by atoms with Crippen molar-refractivity contribution >= 4 is 39.3 Å². The minimum Gasteiger partial charge on any atom is -0.329 e. The van der Waals surface area contributed by atoms with E-state index in [1.165, 1.54) is 32.1 Å². The standard InChI is InChI=1S/C13H16BrN3S/c14-10-6-11-12(15-7-10)17(13(18)16-11)8-9-4-2-1-3-5-9/h6-7,9H,1-5,8H2,(H,16,18). The zero-order chi connectivity index (χ0) is 12.5. The number of hydrogen-bond acceptors (Lipinski definition) is 2. The highest BCUT2D eigenvalue weighted by atomic mass is 79.9. The molecule has 3 rings (SSSR count). The number of aromatic amines is 1. The van der Waals surface area contributed by atoms with Gasteiger partial charge in [0, 0.05) is 17.2 Å². The van der Waals surface area contributed by atoms with E-state index in [1.54, 1.807) is 0 Å². The molecule has 5 heteroatoms. The molecule has 1 saturated carbocycles. The number of hydrogen-bond donors (Lipinski definition) is 1. The molecule has 18 heavy (non-hydrogen) atoms. The molecule has 0 radical (unpaired) electrons. The molecule has 0 aromatic carbocycles. The summed E-state index contributed by atoms with van der Waals surface area (Å²) in [6.45, 7) is 1.01. The molecule has 1 N–H and O–H groups in total. The number of H-pyrrole nitrogens is 1. The smallest absolute Gasteiger partial charge is 0.179 e. The average molecular weight is 326 g/mol. The van der Waals surface area contributed by atoms with Crippen molar-refractivity contribution in [2.45, 2.75) is 38.6 Å². The first-order valence-electron chi connectivity index (χ1n) is 6.48. The zero-order valence-electron chi connectivity index (χ0n) is 10.2. The van der Waals surface area contributed by atoms with Crippen molar-refractivity contribution in [1.82, 2.24) is 14.5 Å². The maximum atomic E-state index is 5.42. The quantitative estimate of drug-likeness (QED) is 0.828. The number of pyridine rings is 1. The fourth-order valence-corrected chi connectivity index (χ4v) is 3.42. The summed E-state index contributed by atoms with van der Waals surface area (Å²) in [7, 11) is 0. The Morgan fingerprint density at radius 1 is 1.39 bits per heavy atom. The van der Waals surface area contributed by atoms with Crippen LogP contribution in [0.2, 0.25) is 0 Å². The Bertz CT molecular complexity index is 610. The molecular weight excluding hydrogens is 310 g/mol. The Labute approximate surface area is 120 Å². The van der Waals surface area contributed by atoms with Crippen LogP contribution in [0.3, 0.4) is 0 Å². The van der Waals surface area contributed by atoms with E-state index in [0.29, 0.717) is 0 Å². The van der Waals surface area contributed by atoms with Crippen LogP contribution < -0.4 is 0 Å². The molecule has 1 fully saturated rings. The molecule has 0 unspecified atom stereocenters. The molecule has 1 aliphatic rings. The Balaban J connectivity index is 1.95. The van der Waals surface area contributed by atoms with Crippen LogP contribution in [0.15, 0.2) is 16.7 Å². The van der Waals surface area contributed by atoms with Crippen molar-refractivity contribution in [1.29, 1.82) is 0 Å². The second kappa shape index (κ2) is 5.13. The summed E-state index contributed by atoms with van der Waals surface area (Å²) in [5.74, 6) is 0.759. The molecule has 2 aromatic rings. The number of halogens is 1. The highest BCUT2D eigenvalue weighted by molar-refractivity contribution is 9.10. The van der Waals surface area contributed by atoms with E-state index < -0.39 is 0 Å². The van der Waals surface area contributed by atoms with Gasteiger partial charge in [0.25, 0.3) is 0 Å². The molecule has 0 aliphatic heterocycles. The molecule has 0 amide bonds. The summed E-state index contributed by atoms with van der Waals surface area (Å²) in [6, 6.07) is 2.04. The van der Waals surface area contributed by atoms with Crippen molar-refractivity contribution in [3.05, 3.63) is 21.5 Å². The van der Waals surface area contributed by atoms with E-state index in [0.717, 1.165) is 32.9 Å². The second-order valence-electron chi connectivity index (χ2n) is 5.07. The predicted molar refractivity (Wildman–Crippen MR) is 79.2 cm³/mol. The molecule has 0 saturated heterocycles. The third-order valence-electron chi connectivity index (χ3n) is 3.74. The number of nitrogens with one attached hydrogen (secondary N) is 1. The first-order valence-corrected chi connectivity index (χ1v) is 7.68. The lowest BCUT2D eigenvalue weighted by molar-refractivity contribution is 0.320. The van der Waals surface area contributed by atoms with Gasteiger partial charge in [-0.2, -0.15) is 0 Å². The first kappa shape index (κ1) is 12.4. The number of nitrogens with zero attached hydrogens (tertiary/aromatic N) is 2. The maximum Gasteiger partial charge on any atom is 0.179 e. The molecule has 0 atom stereocenters. The SMILES string of the molecule is S=c1[nH]c2cc(Br)cnc2n1CC1CCCCC1. The Morgan fingerprint density at radius 2 is 2.17 bits per heavy atom. The molecular formula is C13H16BrN3S. The molecule has 1 aliphatic carbocycles. The molecule has 0 spiro atoms. The van der Waals surface area contributed by atoms with Gasteiger partial charge in [0.1, 0.15) is 0 Å². The summed E-state index contributed by atoms with van der Waals surface area (Å²) in [4.78, 5) is 7.73. The van der Waals surface area contributed by atoms with Crippen LogP contribution in [0.25, 0.3) is 11.2 Å². The van der Waals surface area contributed by atoms with Gasteiger partial charge in [-0.25, -0.2) is 4.98 Å². The van der Waals surface area contributed by atoms with Crippen molar-refractivity contribution in [2.75, 3.05) is 0 Å². The lowest BCUT2D eigenvalue weighted by Crippen LogP contribution is -2.14. The molecule has 96 valence electrons. The fraction of sp³-hybridized carbons (Fsp3) is 0.538. The lowest BCUT2D eigenvalue weighted by Gasteiger charge is -2.21. The van der Waals surface area contributed by atoms with Gasteiger partial charge in [-0.05, 0) is 53.0 Å². The van der Waals surface area contributed by atoms with Gasteiger partial charge in [0.05, 0.1) is 5.52 Å². The summed E-state index contributed by atoms with van der Waals surface area (Å²) in [6.07, 6.45) is 8.60. The van der Waals surface area contributed by atoms with Gasteiger partial charge in [-0.3, -0.25) is 0 Å². The summed E-state index contributed by atoms with van der Waals surface area (Å²) >= 11 is 8.86. The number of imidazole rings is 1. The molecule has 2 aromatic heterocycles. The second-order valence-corrected chi connectivity index (χ2v) is 6.37. The van der Waals surface area contributed by atoms with Gasteiger partial charge < -0.3 is 9.55 Å². The number of aromatic nitrogens is 3. The largest absolute Gasteiger partial charge is 0.329 e. The first-order chi connectivity index (χ1) is 8.74. The van der Waals surface area contributed by atoms with E-state index in [1.807, 2.05) is 12.3 Å². The Hall–Kier alpha value is -0.680. The summed E-state index contributed by atoms with van der Waals surface area (Å²) in [5.41, 5.74) is 2.00. The van der Waals surface area contributed by atoms with Crippen LogP contribution in [-0.2, 0) is 6.54 Å². The van der Waals surface area contributed by atoms with E-state index in [4.69, 9.17) is 12.2 Å². The van der Waals surface area contributed by atoms with Crippen molar-refractivity contribution in [2.24, 2.45) is 5.92 Å². The van der Waals surface area contributed by atoms with Gasteiger partial charge in [0.15, 0.2) is 10.4 Å². The van der Waals surface area contributed by atoms with Gasteiger partial charge in [0.2, 0.25) is 0 Å². The third kappa shape index (κ3) is 2.38. The number of rotatable bonds is 2. The van der Waals surface area contributed by atoms with Crippen LogP contribution in [0.4, 0.5) is 0 Å². The van der Waals surface area contributed by atoms with E-state index in [2.05, 4.69) is 30.5 Å². The number of fused-ring (bicyclic) bond motifs is 1. The summed E-state index contributed by atoms with van der Waals surface area (Å²) in [5, 5.41) is 0. The van der Waals surface area contributed by atoms with Crippen LogP contribution in [0, 0.1) is 10.7 Å². The van der Waals surface area contributed by atoms with Crippen molar-refractivity contribution < 1.29 is 0 Å². The molecule has 2 heterocycles. The predicted octanol–water partition coefficient (Wildman–Crippen LogP) is 4.44. The van der Waals surface area contributed by atoms with Gasteiger partial charge in [-0.15, -0.1) is 0 Å². The van der Waals surface area contributed by atoms with Crippen molar-refractivity contribution in [3.8, 4) is 0 Å². The van der Waals surface area contributed by atoms with E-state index >= 15 is 0 Å². The minimum absolute atomic E-state index is 0.759. The Kier molecular flexibility index (Phi) is 3.52. The topological polar surface area (TPSA) is 33.6 Å². The maximum absolute atomic E-state index is 5.42. The molecule has 0 bridgehead atoms. The third-order valence-corrected chi connectivity index (χ3v) is 4.50. The van der Waals surface area contributed by atoms with Crippen molar-refractivity contribution in [3.63, 3.8) is 0 Å². The normalized spacial score (nSPS) is 17.4. The van der Waals surface area contributed by atoms with Crippen LogP contribution in [0.1, 0.15) is 32.1 Å². The molecule has 3 nitrogen and oxygen atoms in total. The van der Waals surface area contributed by atoms with Gasteiger partial charge in [-0.1, -0.05) is 19.3 Å². The fourth-order valence-electron chi connectivity index (χ4n) is 2.82. The van der Waals surface area contributed by atoms with E-state index in [9.17, 15) is 0 Å². The highest BCUT2D eigenvalue weighted by Crippen LogP contribution is 2.26. The zero-order valence-corrected chi connectivity index (χ0v) is 12.6. The minimum atomic E-state index is 0.759. The van der Waals surface area contributed by atoms with Crippen LogP contribution >= 0.6 is 28.1 Å². The van der Waals surface area contributed by atoms with Gasteiger partial charge >= 0.3 is 0 Å². The van der Waals surface area contributed by atoms with E-state index in [-0.39, 0.29) is 0 Å². The average Bonchev–Trinajstić information content (AvgIpc) is 2.66. The van der Waals surface area contributed by atoms with Crippen LogP contribution in [0.5, 0.6) is 0 Å². The highest BCUT2D eigenvalue weighted by Gasteiger charge is 2.16. The summed E-state index contributed by atoms with van der Waals surface area (Å²) < 4.78 is 3.94.